The Hall–Kier alpha value is -3.49. The number of ether oxygens (including phenoxy) is 1. The lowest BCUT2D eigenvalue weighted by atomic mass is 9.89. The summed E-state index contributed by atoms with van der Waals surface area (Å²) < 4.78 is 19.9. The normalized spacial score (nSPS) is 23.1. The number of benzene rings is 2. The molecule has 1 aromatic heterocycles. The minimum absolute atomic E-state index is 0.0737. The van der Waals surface area contributed by atoms with E-state index in [1.807, 2.05) is 29.2 Å². The van der Waals surface area contributed by atoms with Crippen molar-refractivity contribution in [2.75, 3.05) is 23.5 Å². The smallest absolute Gasteiger partial charge is 0.257 e. The standard InChI is InChI=1S/C27H27FN4O3/c28-20-8-6-18(7-9-20)21-16-24(29-17-22(21)30-34)31-14-12-27(13-15-31)26(33)32-23(10-11-25(32)35-27)19-4-2-1-3-5-19/h1-9,16-17,23,25,30,34H,10-15H2. The van der Waals surface area contributed by atoms with Crippen molar-refractivity contribution in [2.24, 2.45) is 0 Å². The van der Waals surface area contributed by atoms with Gasteiger partial charge in [0.2, 0.25) is 0 Å². The first-order valence-electron chi connectivity index (χ1n) is 12.0. The Bertz CT molecular complexity index is 1230. The summed E-state index contributed by atoms with van der Waals surface area (Å²) in [4.78, 5) is 22.3. The molecule has 8 heteroatoms. The molecule has 0 radical (unpaired) electrons. The number of halogens is 1. The number of pyridine rings is 1. The van der Waals surface area contributed by atoms with Crippen LogP contribution in [0.25, 0.3) is 11.1 Å². The molecule has 0 bridgehead atoms. The van der Waals surface area contributed by atoms with Crippen molar-refractivity contribution in [2.45, 2.75) is 43.6 Å². The number of amides is 1. The van der Waals surface area contributed by atoms with E-state index in [9.17, 15) is 14.4 Å². The predicted molar refractivity (Wildman–Crippen MR) is 129 cm³/mol. The molecule has 35 heavy (non-hydrogen) atoms. The topological polar surface area (TPSA) is 77.9 Å². The van der Waals surface area contributed by atoms with Gasteiger partial charge in [-0.25, -0.2) is 9.37 Å². The molecule has 2 N–H and O–H groups in total. The molecule has 1 amide bonds. The Morgan fingerprint density at radius 3 is 2.51 bits per heavy atom. The van der Waals surface area contributed by atoms with Crippen molar-refractivity contribution < 1.29 is 19.1 Å². The lowest BCUT2D eigenvalue weighted by Crippen LogP contribution is -2.50. The molecular weight excluding hydrogens is 447 g/mol. The molecule has 2 unspecified atom stereocenters. The largest absolute Gasteiger partial charge is 0.356 e. The maximum atomic E-state index is 13.6. The minimum atomic E-state index is -0.777. The average Bonchev–Trinajstić information content (AvgIpc) is 3.43. The number of rotatable bonds is 4. The lowest BCUT2D eigenvalue weighted by Gasteiger charge is -2.38. The molecule has 2 aromatic carbocycles. The SMILES string of the molecule is O=C1N2C(CCC2c2ccccc2)OC12CCN(c1cc(-c3ccc(F)cc3)c(NO)cn1)CC2. The van der Waals surface area contributed by atoms with Gasteiger partial charge in [-0.15, -0.1) is 0 Å². The van der Waals surface area contributed by atoms with Gasteiger partial charge >= 0.3 is 0 Å². The second-order valence-electron chi connectivity index (χ2n) is 9.48. The van der Waals surface area contributed by atoms with Crippen molar-refractivity contribution in [3.05, 3.63) is 78.2 Å². The van der Waals surface area contributed by atoms with Crippen LogP contribution in [0.5, 0.6) is 0 Å². The second-order valence-corrected chi connectivity index (χ2v) is 9.48. The van der Waals surface area contributed by atoms with E-state index in [1.165, 1.54) is 12.1 Å². The Labute approximate surface area is 203 Å². The van der Waals surface area contributed by atoms with Crippen molar-refractivity contribution in [1.29, 1.82) is 0 Å². The molecule has 3 fully saturated rings. The molecule has 7 nitrogen and oxygen atoms in total. The third kappa shape index (κ3) is 3.73. The maximum Gasteiger partial charge on any atom is 0.257 e. The summed E-state index contributed by atoms with van der Waals surface area (Å²) in [6.07, 6.45) is 4.37. The molecule has 3 aromatic rings. The summed E-state index contributed by atoms with van der Waals surface area (Å²) in [6.45, 7) is 1.26. The summed E-state index contributed by atoms with van der Waals surface area (Å²) in [5.74, 6) is 0.527. The third-order valence-corrected chi connectivity index (χ3v) is 7.56. The number of nitrogens with one attached hydrogen (secondary N) is 1. The number of carbonyl (C=O) groups excluding carboxylic acids is 1. The van der Waals surface area contributed by atoms with Crippen LogP contribution in [-0.2, 0) is 9.53 Å². The molecule has 3 aliphatic heterocycles. The van der Waals surface area contributed by atoms with Crippen LogP contribution in [0.15, 0.2) is 66.9 Å². The van der Waals surface area contributed by atoms with Crippen LogP contribution in [0.4, 0.5) is 15.9 Å². The molecule has 6 rings (SSSR count). The average molecular weight is 475 g/mol. The summed E-state index contributed by atoms with van der Waals surface area (Å²) in [7, 11) is 0. The second kappa shape index (κ2) is 8.62. The fourth-order valence-electron chi connectivity index (χ4n) is 5.72. The van der Waals surface area contributed by atoms with Gasteiger partial charge in [-0.3, -0.25) is 15.5 Å². The minimum Gasteiger partial charge on any atom is -0.356 e. The quantitative estimate of drug-likeness (QED) is 0.532. The van der Waals surface area contributed by atoms with E-state index in [1.54, 1.807) is 18.3 Å². The number of piperidine rings is 1. The molecule has 0 aliphatic carbocycles. The van der Waals surface area contributed by atoms with Crippen LogP contribution >= 0.6 is 0 Å². The van der Waals surface area contributed by atoms with E-state index in [2.05, 4.69) is 27.5 Å². The first kappa shape index (κ1) is 22.0. The van der Waals surface area contributed by atoms with E-state index in [0.717, 1.165) is 35.3 Å². The zero-order valence-electron chi connectivity index (χ0n) is 19.2. The number of hydrogen-bond acceptors (Lipinski definition) is 6. The summed E-state index contributed by atoms with van der Waals surface area (Å²) in [6, 6.07) is 18.3. The van der Waals surface area contributed by atoms with Crippen LogP contribution < -0.4 is 10.4 Å². The Kier molecular flexibility index (Phi) is 5.42. The molecule has 3 aliphatic rings. The van der Waals surface area contributed by atoms with Crippen LogP contribution in [0.2, 0.25) is 0 Å². The highest BCUT2D eigenvalue weighted by molar-refractivity contribution is 5.88. The number of hydrogen-bond donors (Lipinski definition) is 2. The number of fused-ring (bicyclic) bond motifs is 1. The zero-order valence-corrected chi connectivity index (χ0v) is 19.2. The Balaban J connectivity index is 1.20. The Morgan fingerprint density at radius 2 is 1.80 bits per heavy atom. The van der Waals surface area contributed by atoms with Gasteiger partial charge in [-0.2, -0.15) is 0 Å². The predicted octanol–water partition coefficient (Wildman–Crippen LogP) is 4.75. The van der Waals surface area contributed by atoms with E-state index in [0.29, 0.717) is 31.6 Å². The number of anilines is 2. The van der Waals surface area contributed by atoms with Gasteiger partial charge in [0, 0.05) is 31.5 Å². The lowest BCUT2D eigenvalue weighted by molar-refractivity contribution is -0.140. The molecule has 0 saturated carbocycles. The van der Waals surface area contributed by atoms with E-state index >= 15 is 0 Å². The molecule has 4 heterocycles. The van der Waals surface area contributed by atoms with E-state index in [-0.39, 0.29) is 24.0 Å². The first-order valence-corrected chi connectivity index (χ1v) is 12.0. The molecular formula is C27H27FN4O3. The van der Waals surface area contributed by atoms with Gasteiger partial charge in [0.15, 0.2) is 5.60 Å². The summed E-state index contributed by atoms with van der Waals surface area (Å²) in [5.41, 5.74) is 4.49. The van der Waals surface area contributed by atoms with Gasteiger partial charge in [0.05, 0.1) is 17.9 Å². The molecule has 2 atom stereocenters. The van der Waals surface area contributed by atoms with Crippen molar-refractivity contribution >= 4 is 17.4 Å². The van der Waals surface area contributed by atoms with Gasteiger partial charge < -0.3 is 14.5 Å². The summed E-state index contributed by atoms with van der Waals surface area (Å²) >= 11 is 0. The third-order valence-electron chi connectivity index (χ3n) is 7.56. The van der Waals surface area contributed by atoms with Gasteiger partial charge in [0.25, 0.3) is 5.91 Å². The van der Waals surface area contributed by atoms with E-state index < -0.39 is 5.60 Å². The van der Waals surface area contributed by atoms with E-state index in [4.69, 9.17) is 4.74 Å². The molecule has 3 saturated heterocycles. The van der Waals surface area contributed by atoms with Crippen LogP contribution in [-0.4, -0.2) is 45.9 Å². The van der Waals surface area contributed by atoms with Gasteiger partial charge in [-0.05, 0) is 42.2 Å². The molecule has 180 valence electrons. The van der Waals surface area contributed by atoms with Crippen LogP contribution in [0.1, 0.15) is 37.3 Å². The fraction of sp³-hybridized carbons (Fsp3) is 0.333. The highest BCUT2D eigenvalue weighted by atomic mass is 19.1. The highest BCUT2D eigenvalue weighted by Crippen LogP contribution is 2.48. The van der Waals surface area contributed by atoms with Crippen LogP contribution in [0, 0.1) is 5.82 Å². The monoisotopic (exact) mass is 474 g/mol. The van der Waals surface area contributed by atoms with Crippen molar-refractivity contribution in [3.8, 4) is 11.1 Å². The molecule has 1 spiro atoms. The number of aromatic nitrogens is 1. The summed E-state index contributed by atoms with van der Waals surface area (Å²) in [5, 5.41) is 9.55. The van der Waals surface area contributed by atoms with Gasteiger partial charge in [-0.1, -0.05) is 42.5 Å². The first-order chi connectivity index (χ1) is 17.1. The van der Waals surface area contributed by atoms with Crippen molar-refractivity contribution in [3.63, 3.8) is 0 Å². The Morgan fingerprint density at radius 1 is 1.06 bits per heavy atom. The zero-order chi connectivity index (χ0) is 24.0. The maximum absolute atomic E-state index is 13.6. The van der Waals surface area contributed by atoms with Crippen molar-refractivity contribution in [1.82, 2.24) is 9.88 Å². The fourth-order valence-corrected chi connectivity index (χ4v) is 5.72. The number of carbonyl (C=O) groups is 1. The van der Waals surface area contributed by atoms with Crippen LogP contribution in [0.3, 0.4) is 0 Å². The number of nitrogens with zero attached hydrogens (tertiary/aromatic N) is 3. The van der Waals surface area contributed by atoms with Gasteiger partial charge in [0.1, 0.15) is 17.9 Å². The highest BCUT2D eigenvalue weighted by Gasteiger charge is 2.57.